The third-order valence-corrected chi connectivity index (χ3v) is 4.98. The summed E-state index contributed by atoms with van der Waals surface area (Å²) in [5, 5.41) is 4.17. The number of pyridine rings is 1. The van der Waals surface area contributed by atoms with Gasteiger partial charge in [0.15, 0.2) is 12.4 Å². The third kappa shape index (κ3) is 3.88. The van der Waals surface area contributed by atoms with Gasteiger partial charge in [0.1, 0.15) is 11.4 Å². The van der Waals surface area contributed by atoms with Gasteiger partial charge in [0.05, 0.1) is 0 Å². The van der Waals surface area contributed by atoms with Crippen molar-refractivity contribution in [2.24, 2.45) is 0 Å². The number of aromatic nitrogens is 3. The lowest BCUT2D eigenvalue weighted by Gasteiger charge is -2.38. The van der Waals surface area contributed by atoms with Crippen molar-refractivity contribution in [1.29, 1.82) is 0 Å². The number of hydrogen-bond acceptors (Lipinski definition) is 6. The van der Waals surface area contributed by atoms with E-state index >= 15 is 0 Å². The average Bonchev–Trinajstić information content (AvgIpc) is 3.23. The Kier molecular flexibility index (Phi) is 5.06. The number of piperidine rings is 1. The van der Waals surface area contributed by atoms with Gasteiger partial charge in [0.2, 0.25) is 0 Å². The molecule has 1 atom stereocenters. The lowest BCUT2D eigenvalue weighted by atomic mass is 9.81. The quantitative estimate of drug-likeness (QED) is 0.678. The van der Waals surface area contributed by atoms with Gasteiger partial charge in [-0.3, -0.25) is 9.78 Å². The second kappa shape index (κ2) is 7.80. The highest BCUT2D eigenvalue weighted by molar-refractivity contribution is 5.92. The van der Waals surface area contributed by atoms with Crippen LogP contribution in [-0.4, -0.2) is 39.0 Å². The van der Waals surface area contributed by atoms with Gasteiger partial charge in [-0.15, -0.1) is 0 Å². The molecule has 0 N–H and O–H groups in total. The van der Waals surface area contributed by atoms with Crippen LogP contribution in [0.2, 0.25) is 0 Å². The molecular formula is C21H22N4O3. The summed E-state index contributed by atoms with van der Waals surface area (Å²) in [7, 11) is 0. The van der Waals surface area contributed by atoms with Gasteiger partial charge < -0.3 is 14.2 Å². The zero-order chi connectivity index (χ0) is 19.4. The molecule has 0 bridgehead atoms. The first-order chi connectivity index (χ1) is 13.6. The second-order valence-electron chi connectivity index (χ2n) is 7.22. The Morgan fingerprint density at radius 1 is 1.21 bits per heavy atom. The number of rotatable bonds is 5. The molecule has 144 valence electrons. The molecule has 7 nitrogen and oxygen atoms in total. The summed E-state index contributed by atoms with van der Waals surface area (Å²) in [5.74, 6) is 1.71. The number of carbonyl (C=O) groups excluding carboxylic acids is 1. The van der Waals surface area contributed by atoms with Crippen LogP contribution in [0.4, 0.5) is 0 Å². The fourth-order valence-electron chi connectivity index (χ4n) is 3.47. The van der Waals surface area contributed by atoms with E-state index in [1.807, 2.05) is 41.3 Å². The Morgan fingerprint density at radius 2 is 2.04 bits per heavy atom. The Hall–Kier alpha value is -3.22. The van der Waals surface area contributed by atoms with Crippen LogP contribution in [0, 0.1) is 0 Å². The van der Waals surface area contributed by atoms with E-state index in [2.05, 4.69) is 22.0 Å². The molecule has 4 rings (SSSR count). The van der Waals surface area contributed by atoms with E-state index < -0.39 is 0 Å². The SMILES string of the molecule is CC1(c2noc(COc3ccccc3)n2)CCCN(C(=O)c2ccccn2)C1. The molecule has 28 heavy (non-hydrogen) atoms. The van der Waals surface area contributed by atoms with Gasteiger partial charge in [-0.25, -0.2) is 0 Å². The molecule has 1 amide bonds. The zero-order valence-corrected chi connectivity index (χ0v) is 15.7. The molecule has 1 unspecified atom stereocenters. The molecule has 1 aliphatic heterocycles. The number of amides is 1. The van der Waals surface area contributed by atoms with E-state index in [4.69, 9.17) is 9.26 Å². The molecule has 1 saturated heterocycles. The number of nitrogens with zero attached hydrogens (tertiary/aromatic N) is 4. The summed E-state index contributed by atoms with van der Waals surface area (Å²) in [6, 6.07) is 14.9. The van der Waals surface area contributed by atoms with Gasteiger partial charge in [-0.1, -0.05) is 36.3 Å². The van der Waals surface area contributed by atoms with Crippen molar-refractivity contribution in [2.75, 3.05) is 13.1 Å². The van der Waals surface area contributed by atoms with Gasteiger partial charge in [0, 0.05) is 24.7 Å². The minimum Gasteiger partial charge on any atom is -0.484 e. The first kappa shape index (κ1) is 18.2. The highest BCUT2D eigenvalue weighted by Gasteiger charge is 2.39. The molecule has 0 aliphatic carbocycles. The molecule has 0 spiro atoms. The number of likely N-dealkylation sites (tertiary alicyclic amines) is 1. The van der Waals surface area contributed by atoms with E-state index in [0.717, 1.165) is 18.6 Å². The Morgan fingerprint density at radius 3 is 2.82 bits per heavy atom. The number of hydrogen-bond donors (Lipinski definition) is 0. The topological polar surface area (TPSA) is 81.4 Å². The molecular weight excluding hydrogens is 356 g/mol. The van der Waals surface area contributed by atoms with Crippen molar-refractivity contribution < 1.29 is 14.1 Å². The normalized spacial score (nSPS) is 19.4. The standard InChI is InChI=1S/C21H22N4O3/c1-21(11-7-13-25(15-21)19(26)17-10-5-6-12-22-17)20-23-18(28-24-20)14-27-16-8-3-2-4-9-16/h2-6,8-10,12H,7,11,13-15H2,1H3. The van der Waals surface area contributed by atoms with Crippen molar-refractivity contribution in [3.8, 4) is 5.75 Å². The lowest BCUT2D eigenvalue weighted by Crippen LogP contribution is -2.47. The van der Waals surface area contributed by atoms with Crippen LogP contribution >= 0.6 is 0 Å². The summed E-state index contributed by atoms with van der Waals surface area (Å²) in [4.78, 5) is 23.3. The molecule has 2 aromatic heterocycles. The Bertz CT molecular complexity index is 929. The summed E-state index contributed by atoms with van der Waals surface area (Å²) in [6.45, 7) is 3.51. The molecule has 3 heterocycles. The summed E-state index contributed by atoms with van der Waals surface area (Å²) < 4.78 is 11.1. The second-order valence-corrected chi connectivity index (χ2v) is 7.22. The first-order valence-corrected chi connectivity index (χ1v) is 9.35. The summed E-state index contributed by atoms with van der Waals surface area (Å²) >= 11 is 0. The van der Waals surface area contributed by atoms with Crippen molar-refractivity contribution >= 4 is 5.91 Å². The van der Waals surface area contributed by atoms with E-state index in [0.29, 0.717) is 30.5 Å². The van der Waals surface area contributed by atoms with Crippen LogP contribution in [0.5, 0.6) is 5.75 Å². The van der Waals surface area contributed by atoms with Gasteiger partial charge in [-0.05, 0) is 37.1 Å². The Balaban J connectivity index is 1.44. The van der Waals surface area contributed by atoms with Crippen LogP contribution in [0.15, 0.2) is 59.3 Å². The zero-order valence-electron chi connectivity index (χ0n) is 15.7. The number of para-hydroxylation sites is 1. The van der Waals surface area contributed by atoms with Crippen LogP contribution in [0.3, 0.4) is 0 Å². The molecule has 0 radical (unpaired) electrons. The summed E-state index contributed by atoms with van der Waals surface area (Å²) in [6.07, 6.45) is 3.39. The van der Waals surface area contributed by atoms with Gasteiger partial charge >= 0.3 is 0 Å². The Labute approximate surface area is 163 Å². The van der Waals surface area contributed by atoms with E-state index in [1.54, 1.807) is 18.3 Å². The maximum atomic E-state index is 12.8. The van der Waals surface area contributed by atoms with Crippen molar-refractivity contribution in [3.05, 3.63) is 72.1 Å². The van der Waals surface area contributed by atoms with Crippen LogP contribution < -0.4 is 4.74 Å². The van der Waals surface area contributed by atoms with Gasteiger partial charge in [0.25, 0.3) is 11.8 Å². The predicted octanol–water partition coefficient (Wildman–Crippen LogP) is 3.24. The molecule has 1 aliphatic rings. The third-order valence-electron chi connectivity index (χ3n) is 4.98. The van der Waals surface area contributed by atoms with E-state index in [1.165, 1.54) is 0 Å². The minimum absolute atomic E-state index is 0.0670. The molecule has 3 aromatic rings. The fraction of sp³-hybridized carbons (Fsp3) is 0.333. The molecule has 7 heteroatoms. The highest BCUT2D eigenvalue weighted by atomic mass is 16.5. The van der Waals surface area contributed by atoms with Crippen molar-refractivity contribution in [3.63, 3.8) is 0 Å². The maximum Gasteiger partial charge on any atom is 0.272 e. The van der Waals surface area contributed by atoms with Crippen LogP contribution in [0.25, 0.3) is 0 Å². The van der Waals surface area contributed by atoms with Crippen molar-refractivity contribution in [1.82, 2.24) is 20.0 Å². The lowest BCUT2D eigenvalue weighted by molar-refractivity contribution is 0.0636. The smallest absolute Gasteiger partial charge is 0.272 e. The molecule has 0 saturated carbocycles. The van der Waals surface area contributed by atoms with E-state index in [-0.39, 0.29) is 17.9 Å². The number of carbonyl (C=O) groups is 1. The summed E-state index contributed by atoms with van der Waals surface area (Å²) in [5.41, 5.74) is 0.0915. The van der Waals surface area contributed by atoms with Gasteiger partial charge in [-0.2, -0.15) is 4.98 Å². The number of benzene rings is 1. The van der Waals surface area contributed by atoms with E-state index in [9.17, 15) is 4.79 Å². The predicted molar refractivity (Wildman–Crippen MR) is 102 cm³/mol. The average molecular weight is 378 g/mol. The molecule has 1 fully saturated rings. The molecule has 1 aromatic carbocycles. The minimum atomic E-state index is -0.364. The fourth-order valence-corrected chi connectivity index (χ4v) is 3.47. The van der Waals surface area contributed by atoms with Crippen LogP contribution in [-0.2, 0) is 12.0 Å². The monoisotopic (exact) mass is 378 g/mol. The van der Waals surface area contributed by atoms with Crippen molar-refractivity contribution in [2.45, 2.75) is 31.8 Å². The first-order valence-electron chi connectivity index (χ1n) is 9.35. The largest absolute Gasteiger partial charge is 0.484 e. The van der Waals surface area contributed by atoms with Crippen LogP contribution in [0.1, 0.15) is 42.0 Å². The maximum absolute atomic E-state index is 12.8. The number of ether oxygens (including phenoxy) is 1. The highest BCUT2D eigenvalue weighted by Crippen LogP contribution is 2.32.